The number of ketones is 1. The Morgan fingerprint density at radius 2 is 1.78 bits per heavy atom. The molecule has 1 unspecified atom stereocenters. The van der Waals surface area contributed by atoms with E-state index in [1.54, 1.807) is 0 Å². The summed E-state index contributed by atoms with van der Waals surface area (Å²) in [7, 11) is 0. The van der Waals surface area contributed by atoms with Crippen molar-refractivity contribution in [2.24, 2.45) is 11.8 Å². The Balaban J connectivity index is 1.25. The Morgan fingerprint density at radius 3 is 2.52 bits per heavy atom. The number of rotatable bonds is 6. The number of carbonyl (C=O) groups excluding carboxylic acids is 2. The molecule has 1 aromatic carbocycles. The highest BCUT2D eigenvalue weighted by atomic mass is 16.1. The van der Waals surface area contributed by atoms with Crippen LogP contribution in [0.3, 0.4) is 0 Å². The van der Waals surface area contributed by atoms with Gasteiger partial charge < -0.3 is 4.79 Å². The number of nitrogens with zero attached hydrogens (tertiary/aromatic N) is 2. The lowest BCUT2D eigenvalue weighted by Gasteiger charge is -2.35. The molecule has 0 radical (unpaired) electrons. The highest BCUT2D eigenvalue weighted by Gasteiger charge is 2.32. The molecule has 146 valence electrons. The van der Waals surface area contributed by atoms with Gasteiger partial charge in [-0.05, 0) is 55.8 Å². The van der Waals surface area contributed by atoms with Crippen LogP contribution in [-0.2, 0) is 16.1 Å². The number of hydrogen-bond donors (Lipinski definition) is 0. The Labute approximate surface area is 162 Å². The van der Waals surface area contributed by atoms with E-state index < -0.39 is 0 Å². The number of carbonyl (C=O) groups is 2. The van der Waals surface area contributed by atoms with Crippen LogP contribution in [0.15, 0.2) is 24.3 Å². The summed E-state index contributed by atoms with van der Waals surface area (Å²) in [6, 6.07) is 8.25. The van der Waals surface area contributed by atoms with Crippen LogP contribution >= 0.6 is 0 Å². The van der Waals surface area contributed by atoms with E-state index in [1.807, 2.05) is 6.07 Å². The normalized spacial score (nSPS) is 25.4. The standard InChI is InChI=1S/C23H32N2O2/c26-17-22-21-9-5-4-8-20(21)15-25(22)14-18-10-12-24(13-11-18)16-23(27)19-6-2-1-3-7-19/h4-5,8-9,17-19,22H,1-3,6-7,10-16H2. The Bertz CT molecular complexity index is 660. The lowest BCUT2D eigenvalue weighted by atomic mass is 9.85. The molecule has 0 spiro atoms. The molecule has 1 aliphatic carbocycles. The first-order valence-electron chi connectivity index (χ1n) is 10.8. The first-order chi connectivity index (χ1) is 13.2. The average Bonchev–Trinajstić information content (AvgIpc) is 3.07. The molecule has 1 aromatic rings. The van der Waals surface area contributed by atoms with Gasteiger partial charge in [-0.25, -0.2) is 0 Å². The number of piperidine rings is 1. The van der Waals surface area contributed by atoms with Gasteiger partial charge in [0.2, 0.25) is 0 Å². The fourth-order valence-electron chi connectivity index (χ4n) is 5.25. The molecule has 0 N–H and O–H groups in total. The molecule has 1 saturated carbocycles. The van der Waals surface area contributed by atoms with Crippen molar-refractivity contribution in [1.82, 2.24) is 9.80 Å². The topological polar surface area (TPSA) is 40.6 Å². The summed E-state index contributed by atoms with van der Waals surface area (Å²) in [6.45, 7) is 4.58. The third kappa shape index (κ3) is 4.33. The number of hydrogen-bond acceptors (Lipinski definition) is 4. The summed E-state index contributed by atoms with van der Waals surface area (Å²) < 4.78 is 0. The molecule has 2 aliphatic heterocycles. The SMILES string of the molecule is O=CC1c2ccccc2CN1CC1CCN(CC(=O)C2CCCCC2)CC1. The largest absolute Gasteiger partial charge is 0.301 e. The number of likely N-dealkylation sites (tertiary alicyclic amines) is 1. The maximum atomic E-state index is 12.5. The maximum Gasteiger partial charge on any atom is 0.149 e. The van der Waals surface area contributed by atoms with Crippen molar-refractivity contribution < 1.29 is 9.59 Å². The summed E-state index contributed by atoms with van der Waals surface area (Å²) in [6.07, 6.45) is 9.35. The van der Waals surface area contributed by atoms with Gasteiger partial charge in [0.25, 0.3) is 0 Å². The fourth-order valence-corrected chi connectivity index (χ4v) is 5.25. The van der Waals surface area contributed by atoms with Gasteiger partial charge in [0.15, 0.2) is 0 Å². The van der Waals surface area contributed by atoms with E-state index in [1.165, 1.54) is 30.4 Å². The van der Waals surface area contributed by atoms with Crippen LogP contribution in [0, 0.1) is 11.8 Å². The van der Waals surface area contributed by atoms with Crippen LogP contribution in [0.1, 0.15) is 62.1 Å². The molecule has 4 rings (SSSR count). The molecule has 0 aromatic heterocycles. The first-order valence-corrected chi connectivity index (χ1v) is 10.8. The molecule has 4 nitrogen and oxygen atoms in total. The number of Topliss-reactive ketones (excluding diaryl/α,β-unsaturated/α-hetero) is 1. The molecule has 1 atom stereocenters. The molecule has 4 heteroatoms. The maximum absolute atomic E-state index is 12.5. The van der Waals surface area contributed by atoms with Crippen LogP contribution in [0.4, 0.5) is 0 Å². The number of benzene rings is 1. The molecule has 0 bridgehead atoms. The zero-order valence-corrected chi connectivity index (χ0v) is 16.3. The lowest BCUT2D eigenvalue weighted by molar-refractivity contribution is -0.125. The Hall–Kier alpha value is -1.52. The number of aldehydes is 1. The minimum Gasteiger partial charge on any atom is -0.301 e. The van der Waals surface area contributed by atoms with Crippen molar-refractivity contribution in [3.63, 3.8) is 0 Å². The predicted octanol–water partition coefficient (Wildman–Crippen LogP) is 3.60. The van der Waals surface area contributed by atoms with Crippen molar-refractivity contribution in [3.05, 3.63) is 35.4 Å². The van der Waals surface area contributed by atoms with Crippen LogP contribution in [-0.4, -0.2) is 48.0 Å². The third-order valence-electron chi connectivity index (χ3n) is 6.91. The van der Waals surface area contributed by atoms with E-state index in [2.05, 4.69) is 28.0 Å². The molecule has 27 heavy (non-hydrogen) atoms. The van der Waals surface area contributed by atoms with Crippen molar-refractivity contribution in [2.45, 2.75) is 57.5 Å². The van der Waals surface area contributed by atoms with Crippen molar-refractivity contribution in [3.8, 4) is 0 Å². The van der Waals surface area contributed by atoms with E-state index in [0.29, 0.717) is 24.2 Å². The molecule has 2 fully saturated rings. The molecular weight excluding hydrogens is 336 g/mol. The van der Waals surface area contributed by atoms with Gasteiger partial charge in [-0.3, -0.25) is 14.6 Å². The molecular formula is C23H32N2O2. The van der Waals surface area contributed by atoms with Crippen LogP contribution in [0.2, 0.25) is 0 Å². The second kappa shape index (κ2) is 8.66. The highest BCUT2D eigenvalue weighted by molar-refractivity contribution is 5.83. The lowest BCUT2D eigenvalue weighted by Crippen LogP contribution is -2.42. The smallest absolute Gasteiger partial charge is 0.149 e. The Kier molecular flexibility index (Phi) is 6.04. The first kappa shape index (κ1) is 18.8. The second-order valence-electron chi connectivity index (χ2n) is 8.73. The van der Waals surface area contributed by atoms with Crippen molar-refractivity contribution in [1.29, 1.82) is 0 Å². The van der Waals surface area contributed by atoms with E-state index in [4.69, 9.17) is 0 Å². The van der Waals surface area contributed by atoms with E-state index in [9.17, 15) is 9.59 Å². The van der Waals surface area contributed by atoms with Gasteiger partial charge >= 0.3 is 0 Å². The summed E-state index contributed by atoms with van der Waals surface area (Å²) in [5.41, 5.74) is 2.48. The minimum atomic E-state index is -0.0768. The third-order valence-corrected chi connectivity index (χ3v) is 6.91. The summed E-state index contributed by atoms with van der Waals surface area (Å²) >= 11 is 0. The van der Waals surface area contributed by atoms with Crippen molar-refractivity contribution >= 4 is 12.1 Å². The van der Waals surface area contributed by atoms with E-state index >= 15 is 0 Å². The second-order valence-corrected chi connectivity index (χ2v) is 8.73. The molecule has 1 saturated heterocycles. The van der Waals surface area contributed by atoms with Crippen LogP contribution in [0.25, 0.3) is 0 Å². The monoisotopic (exact) mass is 368 g/mol. The van der Waals surface area contributed by atoms with Crippen LogP contribution in [0.5, 0.6) is 0 Å². The predicted molar refractivity (Wildman–Crippen MR) is 106 cm³/mol. The highest BCUT2D eigenvalue weighted by Crippen LogP contribution is 2.34. The Morgan fingerprint density at radius 1 is 1.04 bits per heavy atom. The fraction of sp³-hybridized carbons (Fsp3) is 0.652. The number of fused-ring (bicyclic) bond motifs is 1. The van der Waals surface area contributed by atoms with Gasteiger partial charge in [-0.1, -0.05) is 43.5 Å². The van der Waals surface area contributed by atoms with E-state index in [0.717, 1.165) is 58.1 Å². The molecule has 0 amide bonds. The molecule has 3 aliphatic rings. The van der Waals surface area contributed by atoms with Gasteiger partial charge in [-0.2, -0.15) is 0 Å². The van der Waals surface area contributed by atoms with Gasteiger partial charge in [0, 0.05) is 19.0 Å². The zero-order chi connectivity index (χ0) is 18.6. The van der Waals surface area contributed by atoms with Gasteiger partial charge in [-0.15, -0.1) is 0 Å². The summed E-state index contributed by atoms with van der Waals surface area (Å²) in [5, 5.41) is 0. The molecule has 2 heterocycles. The quantitative estimate of drug-likeness (QED) is 0.720. The van der Waals surface area contributed by atoms with Crippen molar-refractivity contribution in [2.75, 3.05) is 26.2 Å². The zero-order valence-electron chi connectivity index (χ0n) is 16.3. The van der Waals surface area contributed by atoms with Gasteiger partial charge in [0.05, 0.1) is 12.6 Å². The summed E-state index contributed by atoms with van der Waals surface area (Å²) in [5.74, 6) is 1.43. The van der Waals surface area contributed by atoms with Gasteiger partial charge in [0.1, 0.15) is 12.1 Å². The minimum absolute atomic E-state index is 0.0768. The van der Waals surface area contributed by atoms with E-state index in [-0.39, 0.29) is 6.04 Å². The summed E-state index contributed by atoms with van der Waals surface area (Å²) in [4.78, 5) is 28.9. The average molecular weight is 369 g/mol. The van der Waals surface area contributed by atoms with Crippen LogP contribution < -0.4 is 0 Å².